The van der Waals surface area contributed by atoms with Gasteiger partial charge in [-0.2, -0.15) is 0 Å². The van der Waals surface area contributed by atoms with Crippen LogP contribution < -0.4 is 0 Å². The monoisotopic (exact) mass is 470 g/mol. The zero-order valence-corrected chi connectivity index (χ0v) is 20.8. The van der Waals surface area contributed by atoms with Crippen molar-refractivity contribution >= 4 is 21.5 Å². The van der Waals surface area contributed by atoms with Gasteiger partial charge in [0, 0.05) is 0 Å². The summed E-state index contributed by atoms with van der Waals surface area (Å²) in [6, 6.07) is 44.0. The number of aryl methyl sites for hydroxylation is 1. The van der Waals surface area contributed by atoms with Gasteiger partial charge < -0.3 is 0 Å². The van der Waals surface area contributed by atoms with E-state index in [2.05, 4.69) is 122 Å². The Morgan fingerprint density at radius 1 is 0.514 bits per heavy atom. The van der Waals surface area contributed by atoms with E-state index in [1.54, 1.807) is 11.1 Å². The van der Waals surface area contributed by atoms with E-state index in [0.717, 1.165) is 0 Å². The molecule has 0 aliphatic heterocycles. The maximum Gasteiger partial charge on any atom is 0.0719 e. The molecule has 174 valence electrons. The first-order chi connectivity index (χ1) is 18.3. The third-order valence-electron chi connectivity index (χ3n) is 9.56. The van der Waals surface area contributed by atoms with Crippen LogP contribution in [-0.4, -0.2) is 0 Å². The van der Waals surface area contributed by atoms with Gasteiger partial charge in [-0.3, -0.25) is 0 Å². The number of rotatable bonds is 0. The van der Waals surface area contributed by atoms with Gasteiger partial charge >= 0.3 is 0 Å². The van der Waals surface area contributed by atoms with Crippen molar-refractivity contribution in [3.63, 3.8) is 0 Å². The van der Waals surface area contributed by atoms with Gasteiger partial charge in [-0.05, 0) is 96.8 Å². The smallest absolute Gasteiger partial charge is 0.0619 e. The van der Waals surface area contributed by atoms with Crippen molar-refractivity contribution in [1.82, 2.24) is 0 Å². The minimum Gasteiger partial charge on any atom is -0.0619 e. The van der Waals surface area contributed by atoms with Crippen molar-refractivity contribution in [2.24, 2.45) is 0 Å². The summed E-state index contributed by atoms with van der Waals surface area (Å²) in [5.74, 6) is 1.12. The molecule has 6 aromatic carbocycles. The van der Waals surface area contributed by atoms with Gasteiger partial charge in [0.05, 0.1) is 5.41 Å². The fraction of sp³-hybridized carbons (Fsp3) is 0.135. The standard InChI is InChI=1S/C37H26/c1-22-9-8-16-31-34(22)27-14-6-7-15-30(27)37(31)32-19-17-23-10-2-4-12-25(23)35(32)28-21-29(28)36-26-13-5-3-11-24(26)18-20-33(36)37/h2-20,28-29H,21H2,1H3. The zero-order valence-electron chi connectivity index (χ0n) is 20.8. The Balaban J connectivity index is 1.56. The molecule has 1 spiro atoms. The molecule has 3 aliphatic carbocycles. The normalized spacial score (nSPS) is 22.2. The minimum absolute atomic E-state index is 0.315. The molecule has 0 heterocycles. The molecule has 0 amide bonds. The van der Waals surface area contributed by atoms with Crippen LogP contribution in [0.1, 0.15) is 57.2 Å². The van der Waals surface area contributed by atoms with Crippen LogP contribution in [0.15, 0.2) is 115 Å². The first-order valence-corrected chi connectivity index (χ1v) is 13.5. The molecule has 0 bridgehead atoms. The molecule has 3 aliphatic rings. The Morgan fingerprint density at radius 3 is 1.76 bits per heavy atom. The summed E-state index contributed by atoms with van der Waals surface area (Å²) in [5.41, 5.74) is 12.9. The number of fused-ring (bicyclic) bond motifs is 16. The third-order valence-corrected chi connectivity index (χ3v) is 9.56. The van der Waals surface area contributed by atoms with Crippen LogP contribution in [0.4, 0.5) is 0 Å². The Bertz CT molecular complexity index is 1850. The highest BCUT2D eigenvalue weighted by molar-refractivity contribution is 5.97. The molecule has 0 N–H and O–H groups in total. The van der Waals surface area contributed by atoms with Crippen LogP contribution in [0.2, 0.25) is 0 Å². The number of hydrogen-bond acceptors (Lipinski definition) is 0. The van der Waals surface area contributed by atoms with Gasteiger partial charge in [-0.25, -0.2) is 0 Å². The molecule has 2 atom stereocenters. The van der Waals surface area contributed by atoms with Crippen molar-refractivity contribution in [2.75, 3.05) is 0 Å². The minimum atomic E-state index is -0.315. The van der Waals surface area contributed by atoms with Crippen molar-refractivity contribution in [1.29, 1.82) is 0 Å². The van der Waals surface area contributed by atoms with Gasteiger partial charge in [0.25, 0.3) is 0 Å². The van der Waals surface area contributed by atoms with E-state index in [4.69, 9.17) is 0 Å². The molecule has 0 heteroatoms. The van der Waals surface area contributed by atoms with Gasteiger partial charge in [0.1, 0.15) is 0 Å². The van der Waals surface area contributed by atoms with E-state index in [9.17, 15) is 0 Å². The number of hydrogen-bond donors (Lipinski definition) is 0. The first kappa shape index (κ1) is 20.0. The third kappa shape index (κ3) is 2.31. The molecule has 0 saturated heterocycles. The first-order valence-electron chi connectivity index (χ1n) is 13.5. The van der Waals surface area contributed by atoms with E-state index in [0.29, 0.717) is 11.8 Å². The van der Waals surface area contributed by atoms with Gasteiger partial charge in [-0.15, -0.1) is 0 Å². The highest BCUT2D eigenvalue weighted by Gasteiger charge is 2.56. The Labute approximate surface area is 217 Å². The van der Waals surface area contributed by atoms with Crippen LogP contribution in [0.25, 0.3) is 32.7 Å². The second-order valence-corrected chi connectivity index (χ2v) is 11.2. The Kier molecular flexibility index (Phi) is 3.66. The highest BCUT2D eigenvalue weighted by Crippen LogP contribution is 2.68. The van der Waals surface area contributed by atoms with Crippen LogP contribution in [0, 0.1) is 6.92 Å². The SMILES string of the molecule is Cc1cccc2c1-c1ccccc1C21c2ccc3ccccc3c2C2CC2c2c1ccc1ccccc21. The largest absolute Gasteiger partial charge is 0.0719 e. The van der Waals surface area contributed by atoms with Crippen molar-refractivity contribution in [3.05, 3.63) is 154 Å². The second-order valence-electron chi connectivity index (χ2n) is 11.2. The maximum absolute atomic E-state index is 2.48. The summed E-state index contributed by atoms with van der Waals surface area (Å²) in [6.07, 6.45) is 1.24. The summed E-state index contributed by atoms with van der Waals surface area (Å²) in [6.45, 7) is 2.28. The van der Waals surface area contributed by atoms with Crippen molar-refractivity contribution in [3.8, 4) is 11.1 Å². The van der Waals surface area contributed by atoms with E-state index in [-0.39, 0.29) is 5.41 Å². The fourth-order valence-electron chi connectivity index (χ4n) is 8.11. The highest BCUT2D eigenvalue weighted by atomic mass is 14.6. The summed E-state index contributed by atoms with van der Waals surface area (Å²) in [7, 11) is 0. The molecule has 37 heavy (non-hydrogen) atoms. The summed E-state index contributed by atoms with van der Waals surface area (Å²) in [5, 5.41) is 5.58. The van der Waals surface area contributed by atoms with E-state index >= 15 is 0 Å². The predicted octanol–water partition coefficient (Wildman–Crippen LogP) is 9.25. The maximum atomic E-state index is 2.48. The van der Waals surface area contributed by atoms with Crippen molar-refractivity contribution in [2.45, 2.75) is 30.6 Å². The Hall–Kier alpha value is -4.16. The van der Waals surface area contributed by atoms with Gasteiger partial charge in [0.15, 0.2) is 0 Å². The van der Waals surface area contributed by atoms with Gasteiger partial charge in [-0.1, -0.05) is 115 Å². The second kappa shape index (κ2) is 6.78. The molecule has 0 radical (unpaired) electrons. The lowest BCUT2D eigenvalue weighted by Crippen LogP contribution is -2.30. The fourth-order valence-corrected chi connectivity index (χ4v) is 8.11. The van der Waals surface area contributed by atoms with Crippen LogP contribution in [0.5, 0.6) is 0 Å². The lowest BCUT2D eigenvalue weighted by atomic mass is 9.64. The molecule has 9 rings (SSSR count). The molecule has 6 aromatic rings. The predicted molar refractivity (Wildman–Crippen MR) is 154 cm³/mol. The molecular formula is C37H26. The molecule has 1 fully saturated rings. The lowest BCUT2D eigenvalue weighted by Gasteiger charge is -2.36. The molecular weight excluding hydrogens is 444 g/mol. The van der Waals surface area contributed by atoms with E-state index in [1.807, 2.05) is 0 Å². The summed E-state index contributed by atoms with van der Waals surface area (Å²) >= 11 is 0. The molecule has 1 saturated carbocycles. The molecule has 0 nitrogen and oxygen atoms in total. The summed E-state index contributed by atoms with van der Waals surface area (Å²) in [4.78, 5) is 0. The summed E-state index contributed by atoms with van der Waals surface area (Å²) < 4.78 is 0. The topological polar surface area (TPSA) is 0 Å². The van der Waals surface area contributed by atoms with E-state index < -0.39 is 0 Å². The average molecular weight is 471 g/mol. The lowest BCUT2D eigenvalue weighted by molar-refractivity contribution is 0.757. The van der Waals surface area contributed by atoms with Crippen LogP contribution in [0.3, 0.4) is 0 Å². The average Bonchev–Trinajstić information content (AvgIpc) is 3.68. The quantitative estimate of drug-likeness (QED) is 0.207. The molecule has 2 unspecified atom stereocenters. The van der Waals surface area contributed by atoms with E-state index in [1.165, 1.54) is 66.9 Å². The zero-order chi connectivity index (χ0) is 24.3. The molecule has 0 aromatic heterocycles. The number of benzene rings is 6. The Morgan fingerprint density at radius 2 is 1.08 bits per heavy atom. The van der Waals surface area contributed by atoms with Crippen LogP contribution >= 0.6 is 0 Å². The van der Waals surface area contributed by atoms with Gasteiger partial charge in [0.2, 0.25) is 0 Å². The van der Waals surface area contributed by atoms with Crippen molar-refractivity contribution < 1.29 is 0 Å². The van der Waals surface area contributed by atoms with Crippen LogP contribution in [-0.2, 0) is 5.41 Å².